The molecule has 0 N–H and O–H groups in total. The second-order valence-corrected chi connectivity index (χ2v) is 11.0. The lowest BCUT2D eigenvalue weighted by Crippen LogP contribution is -2.18. The molecule has 226 valence electrons. The standard InChI is InChI=1S/C38H32O6S/c1-3-36(39)43-33(27-16-8-5-9-17-27)25-41-32-24-35(45-29-20-12-7-13-21-29)38(31-23-15-14-22-30(31)32)42-26-34(44-37(40)4-2)28-18-10-6-11-19-28/h3-24,33-34H,1-2,25-26H2. The molecule has 5 aromatic rings. The Morgan fingerprint density at radius 1 is 0.622 bits per heavy atom. The van der Waals surface area contributed by atoms with Crippen molar-refractivity contribution >= 4 is 34.5 Å². The Bertz CT molecular complexity index is 1760. The SMILES string of the molecule is C=CC(=O)OC(COc1cc(Sc2ccccc2)c(OCC(OC(=O)C=C)c2ccccc2)c2ccccc12)c1ccccc1. The zero-order valence-electron chi connectivity index (χ0n) is 24.5. The van der Waals surface area contributed by atoms with Crippen LogP contribution in [0, 0.1) is 0 Å². The Kier molecular flexibility index (Phi) is 10.7. The highest BCUT2D eigenvalue weighted by atomic mass is 32.2. The fraction of sp³-hybridized carbons (Fsp3) is 0.105. The summed E-state index contributed by atoms with van der Waals surface area (Å²) >= 11 is 1.53. The van der Waals surface area contributed by atoms with Crippen LogP contribution in [0.4, 0.5) is 0 Å². The molecule has 0 aliphatic rings. The number of fused-ring (bicyclic) bond motifs is 1. The lowest BCUT2D eigenvalue weighted by Gasteiger charge is -2.22. The van der Waals surface area contributed by atoms with Gasteiger partial charge in [-0.25, -0.2) is 9.59 Å². The van der Waals surface area contributed by atoms with E-state index in [1.807, 2.05) is 121 Å². The summed E-state index contributed by atoms with van der Waals surface area (Å²) in [7, 11) is 0. The van der Waals surface area contributed by atoms with Crippen LogP contribution >= 0.6 is 11.8 Å². The van der Waals surface area contributed by atoms with E-state index in [0.717, 1.165) is 43.8 Å². The van der Waals surface area contributed by atoms with Crippen LogP contribution in [-0.4, -0.2) is 25.2 Å². The molecule has 0 fully saturated rings. The van der Waals surface area contributed by atoms with Gasteiger partial charge in [0.2, 0.25) is 0 Å². The molecule has 5 aromatic carbocycles. The molecule has 2 atom stereocenters. The lowest BCUT2D eigenvalue weighted by molar-refractivity contribution is -0.145. The first-order valence-corrected chi connectivity index (χ1v) is 15.2. The molecule has 7 heteroatoms. The Morgan fingerprint density at radius 2 is 1.09 bits per heavy atom. The van der Waals surface area contributed by atoms with Gasteiger partial charge in [0.1, 0.15) is 24.7 Å². The molecule has 0 heterocycles. The highest BCUT2D eigenvalue weighted by Gasteiger charge is 2.22. The molecule has 0 aliphatic carbocycles. The topological polar surface area (TPSA) is 71.1 Å². The van der Waals surface area contributed by atoms with Crippen LogP contribution in [-0.2, 0) is 19.1 Å². The maximum absolute atomic E-state index is 12.2. The molecule has 6 nitrogen and oxygen atoms in total. The smallest absolute Gasteiger partial charge is 0.330 e. The Morgan fingerprint density at radius 3 is 1.62 bits per heavy atom. The van der Waals surface area contributed by atoms with Gasteiger partial charge in [0.25, 0.3) is 0 Å². The fourth-order valence-electron chi connectivity index (χ4n) is 4.68. The van der Waals surface area contributed by atoms with Crippen molar-refractivity contribution in [1.82, 2.24) is 0 Å². The van der Waals surface area contributed by atoms with Crippen LogP contribution in [0.15, 0.2) is 156 Å². The average molecular weight is 617 g/mol. The molecule has 2 unspecified atom stereocenters. The average Bonchev–Trinajstić information content (AvgIpc) is 3.10. The third-order valence-corrected chi connectivity index (χ3v) is 7.89. The lowest BCUT2D eigenvalue weighted by atomic mass is 10.1. The minimum atomic E-state index is -0.660. The highest BCUT2D eigenvalue weighted by Crippen LogP contribution is 2.45. The highest BCUT2D eigenvalue weighted by molar-refractivity contribution is 7.99. The normalized spacial score (nSPS) is 12.0. The van der Waals surface area contributed by atoms with E-state index in [1.165, 1.54) is 11.8 Å². The molecule has 0 spiro atoms. The van der Waals surface area contributed by atoms with Crippen molar-refractivity contribution < 1.29 is 28.5 Å². The Labute approximate surface area is 266 Å². The monoisotopic (exact) mass is 616 g/mol. The van der Waals surface area contributed by atoms with E-state index >= 15 is 0 Å². The van der Waals surface area contributed by atoms with E-state index in [4.69, 9.17) is 18.9 Å². The van der Waals surface area contributed by atoms with Gasteiger partial charge in [0.15, 0.2) is 12.2 Å². The molecule has 5 rings (SSSR count). The van der Waals surface area contributed by atoms with Gasteiger partial charge in [-0.1, -0.05) is 128 Å². The van der Waals surface area contributed by atoms with Crippen LogP contribution < -0.4 is 9.47 Å². The first-order chi connectivity index (χ1) is 22.1. The molecule has 0 radical (unpaired) electrons. The van der Waals surface area contributed by atoms with E-state index in [-0.39, 0.29) is 13.2 Å². The number of carbonyl (C=O) groups is 2. The van der Waals surface area contributed by atoms with Gasteiger partial charge in [0, 0.05) is 27.8 Å². The zero-order chi connectivity index (χ0) is 31.4. The fourth-order valence-corrected chi connectivity index (χ4v) is 5.66. The summed E-state index contributed by atoms with van der Waals surface area (Å²) in [6.45, 7) is 7.23. The molecular weight excluding hydrogens is 584 g/mol. The first kappa shape index (κ1) is 31.2. The van der Waals surface area contributed by atoms with Crippen molar-refractivity contribution in [1.29, 1.82) is 0 Å². The number of rotatable bonds is 14. The number of hydrogen-bond acceptors (Lipinski definition) is 7. The van der Waals surface area contributed by atoms with Crippen LogP contribution in [0.1, 0.15) is 23.3 Å². The van der Waals surface area contributed by atoms with Gasteiger partial charge in [-0.05, 0) is 29.3 Å². The van der Waals surface area contributed by atoms with Crippen LogP contribution in [0.2, 0.25) is 0 Å². The van der Waals surface area contributed by atoms with Gasteiger partial charge in [-0.2, -0.15) is 0 Å². The summed E-state index contributed by atoms with van der Waals surface area (Å²) in [4.78, 5) is 26.2. The molecule has 0 aromatic heterocycles. The summed E-state index contributed by atoms with van der Waals surface area (Å²) in [5.41, 5.74) is 1.60. The molecule has 0 saturated carbocycles. The first-order valence-electron chi connectivity index (χ1n) is 14.4. The summed E-state index contributed by atoms with van der Waals surface area (Å²) in [6, 6.07) is 38.5. The van der Waals surface area contributed by atoms with Crippen LogP contribution in [0.25, 0.3) is 10.8 Å². The minimum absolute atomic E-state index is 0.0731. The third kappa shape index (κ3) is 8.22. The minimum Gasteiger partial charge on any atom is -0.489 e. The number of esters is 2. The Balaban J connectivity index is 1.52. The zero-order valence-corrected chi connectivity index (χ0v) is 25.4. The van der Waals surface area contributed by atoms with Crippen LogP contribution in [0.3, 0.4) is 0 Å². The van der Waals surface area contributed by atoms with Crippen molar-refractivity contribution in [3.63, 3.8) is 0 Å². The maximum atomic E-state index is 12.2. The predicted octanol–water partition coefficient (Wildman–Crippen LogP) is 8.69. The van der Waals surface area contributed by atoms with Gasteiger partial charge < -0.3 is 18.9 Å². The predicted molar refractivity (Wildman–Crippen MR) is 176 cm³/mol. The van der Waals surface area contributed by atoms with Crippen molar-refractivity contribution in [2.45, 2.75) is 22.0 Å². The summed E-state index contributed by atoms with van der Waals surface area (Å²) in [6.07, 6.45) is 0.972. The molecule has 0 amide bonds. The molecule has 0 saturated heterocycles. The molecule has 45 heavy (non-hydrogen) atoms. The van der Waals surface area contributed by atoms with Gasteiger partial charge in [0.05, 0.1) is 4.90 Å². The Hall–Kier alpha value is -5.27. The van der Waals surface area contributed by atoms with Gasteiger partial charge >= 0.3 is 11.9 Å². The van der Waals surface area contributed by atoms with Crippen molar-refractivity contribution in [3.05, 3.63) is 158 Å². The van der Waals surface area contributed by atoms with Gasteiger partial charge in [-0.15, -0.1) is 0 Å². The third-order valence-electron chi connectivity index (χ3n) is 6.86. The largest absolute Gasteiger partial charge is 0.489 e. The van der Waals surface area contributed by atoms with Crippen molar-refractivity contribution in [3.8, 4) is 11.5 Å². The molecule has 0 aliphatic heterocycles. The maximum Gasteiger partial charge on any atom is 0.330 e. The number of carbonyl (C=O) groups excluding carboxylic acids is 2. The molecule has 0 bridgehead atoms. The second kappa shape index (κ2) is 15.5. The van der Waals surface area contributed by atoms with Crippen molar-refractivity contribution in [2.24, 2.45) is 0 Å². The number of hydrogen-bond donors (Lipinski definition) is 0. The quantitative estimate of drug-likeness (QED) is 0.0913. The second-order valence-electron chi connectivity index (χ2n) is 9.87. The summed E-state index contributed by atoms with van der Waals surface area (Å²) < 4.78 is 24.3. The van der Waals surface area contributed by atoms with E-state index in [1.54, 1.807) is 0 Å². The van der Waals surface area contributed by atoms with E-state index in [2.05, 4.69) is 13.2 Å². The van der Waals surface area contributed by atoms with E-state index < -0.39 is 24.1 Å². The number of benzene rings is 5. The van der Waals surface area contributed by atoms with Crippen molar-refractivity contribution in [2.75, 3.05) is 13.2 Å². The van der Waals surface area contributed by atoms with Gasteiger partial charge in [-0.3, -0.25) is 0 Å². The van der Waals surface area contributed by atoms with E-state index in [0.29, 0.717) is 11.5 Å². The number of ether oxygens (including phenoxy) is 4. The summed E-state index contributed by atoms with van der Waals surface area (Å²) in [5.74, 6) is 0.154. The van der Waals surface area contributed by atoms with E-state index in [9.17, 15) is 9.59 Å². The summed E-state index contributed by atoms with van der Waals surface area (Å²) in [5, 5.41) is 1.63. The van der Waals surface area contributed by atoms with Crippen LogP contribution in [0.5, 0.6) is 11.5 Å². The molecular formula is C38H32O6S.